The number of aliphatic imine (C=N–C) groups is 1. The number of nitrogens with zero attached hydrogens (tertiary/aromatic N) is 3. The van der Waals surface area contributed by atoms with E-state index in [4.69, 9.17) is 9.72 Å². The first-order valence-corrected chi connectivity index (χ1v) is 9.25. The van der Waals surface area contributed by atoms with Crippen LogP contribution < -0.4 is 15.5 Å². The Kier molecular flexibility index (Phi) is 8.56. The molecule has 148 valence electrons. The van der Waals surface area contributed by atoms with Gasteiger partial charge in [0.15, 0.2) is 5.96 Å². The molecular weight excluding hydrogens is 453 g/mol. The van der Waals surface area contributed by atoms with Crippen LogP contribution in [0, 0.1) is 5.92 Å². The van der Waals surface area contributed by atoms with E-state index in [-0.39, 0.29) is 24.0 Å². The van der Waals surface area contributed by atoms with Crippen LogP contribution in [0.25, 0.3) is 10.9 Å². The minimum Gasteiger partial charge on any atom is -0.381 e. The molecule has 7 heteroatoms. The SMILES string of the molecule is CN=C(NCc1cc(N(C)C)nc2ccccc12)NCC1CCOCC1.I. The number of rotatable bonds is 5. The first-order chi connectivity index (χ1) is 12.7. The molecule has 2 N–H and O–H groups in total. The number of anilines is 1. The van der Waals surface area contributed by atoms with Gasteiger partial charge in [-0.3, -0.25) is 4.99 Å². The Morgan fingerprint density at radius 2 is 1.96 bits per heavy atom. The predicted molar refractivity (Wildman–Crippen MR) is 123 cm³/mol. The third-order valence-corrected chi connectivity index (χ3v) is 4.82. The smallest absolute Gasteiger partial charge is 0.191 e. The number of halogens is 1. The summed E-state index contributed by atoms with van der Waals surface area (Å²) >= 11 is 0. The molecule has 1 aromatic carbocycles. The minimum absolute atomic E-state index is 0. The first kappa shape index (κ1) is 21.7. The van der Waals surface area contributed by atoms with Gasteiger partial charge >= 0.3 is 0 Å². The Morgan fingerprint density at radius 3 is 2.67 bits per heavy atom. The van der Waals surface area contributed by atoms with E-state index < -0.39 is 0 Å². The number of fused-ring (bicyclic) bond motifs is 1. The van der Waals surface area contributed by atoms with Gasteiger partial charge in [-0.1, -0.05) is 18.2 Å². The highest BCUT2D eigenvalue weighted by Gasteiger charge is 2.14. The average molecular weight is 483 g/mol. The van der Waals surface area contributed by atoms with Crippen LogP contribution in [0.2, 0.25) is 0 Å². The summed E-state index contributed by atoms with van der Waals surface area (Å²) in [5.41, 5.74) is 2.23. The van der Waals surface area contributed by atoms with Crippen molar-refractivity contribution in [2.24, 2.45) is 10.9 Å². The molecule has 1 fully saturated rings. The lowest BCUT2D eigenvalue weighted by Crippen LogP contribution is -2.40. The van der Waals surface area contributed by atoms with E-state index in [1.54, 1.807) is 0 Å². The summed E-state index contributed by atoms with van der Waals surface area (Å²) in [6.07, 6.45) is 2.23. The van der Waals surface area contributed by atoms with Crippen LogP contribution in [-0.2, 0) is 11.3 Å². The highest BCUT2D eigenvalue weighted by Crippen LogP contribution is 2.22. The Bertz CT molecular complexity index is 759. The molecule has 0 spiro atoms. The van der Waals surface area contributed by atoms with Crippen molar-refractivity contribution in [3.63, 3.8) is 0 Å². The fourth-order valence-corrected chi connectivity index (χ4v) is 3.20. The number of pyridine rings is 1. The van der Waals surface area contributed by atoms with Crippen LogP contribution in [0.1, 0.15) is 18.4 Å². The van der Waals surface area contributed by atoms with Crippen molar-refractivity contribution >= 4 is 46.7 Å². The zero-order valence-corrected chi connectivity index (χ0v) is 18.7. The van der Waals surface area contributed by atoms with Gasteiger partial charge in [0.25, 0.3) is 0 Å². The van der Waals surface area contributed by atoms with Crippen LogP contribution >= 0.6 is 24.0 Å². The minimum atomic E-state index is 0. The van der Waals surface area contributed by atoms with Gasteiger partial charge in [0.1, 0.15) is 5.82 Å². The largest absolute Gasteiger partial charge is 0.381 e. The maximum atomic E-state index is 5.43. The van der Waals surface area contributed by atoms with Crippen LogP contribution in [-0.4, -0.2) is 51.8 Å². The van der Waals surface area contributed by atoms with Crippen molar-refractivity contribution < 1.29 is 4.74 Å². The fourth-order valence-electron chi connectivity index (χ4n) is 3.20. The summed E-state index contributed by atoms with van der Waals surface area (Å²) in [4.78, 5) is 11.1. The zero-order chi connectivity index (χ0) is 18.4. The van der Waals surface area contributed by atoms with E-state index in [0.29, 0.717) is 12.5 Å². The molecule has 1 aliphatic rings. The average Bonchev–Trinajstić information content (AvgIpc) is 2.68. The number of ether oxygens (including phenoxy) is 1. The molecule has 0 atom stereocenters. The topological polar surface area (TPSA) is 61.8 Å². The first-order valence-electron chi connectivity index (χ1n) is 9.25. The van der Waals surface area contributed by atoms with E-state index in [9.17, 15) is 0 Å². The number of nitrogens with one attached hydrogen (secondary N) is 2. The summed E-state index contributed by atoms with van der Waals surface area (Å²) in [6, 6.07) is 10.4. The molecule has 0 saturated carbocycles. The van der Waals surface area contributed by atoms with Gasteiger partial charge in [-0.05, 0) is 36.5 Å². The zero-order valence-electron chi connectivity index (χ0n) is 16.4. The second kappa shape index (κ2) is 10.7. The molecule has 2 aromatic rings. The fraction of sp³-hybridized carbons (Fsp3) is 0.500. The van der Waals surface area contributed by atoms with Crippen molar-refractivity contribution in [3.05, 3.63) is 35.9 Å². The molecule has 0 bridgehead atoms. The molecule has 6 nitrogen and oxygen atoms in total. The van der Waals surface area contributed by atoms with Crippen LogP contribution in [0.4, 0.5) is 5.82 Å². The molecule has 0 amide bonds. The predicted octanol–water partition coefficient (Wildman–Crippen LogP) is 3.01. The number of hydrogen-bond acceptors (Lipinski definition) is 4. The van der Waals surface area contributed by atoms with E-state index >= 15 is 0 Å². The highest BCUT2D eigenvalue weighted by atomic mass is 127. The summed E-state index contributed by atoms with van der Waals surface area (Å²) < 4.78 is 5.43. The van der Waals surface area contributed by atoms with Gasteiger partial charge in [0, 0.05) is 52.8 Å². The Balaban J connectivity index is 0.00000261. The van der Waals surface area contributed by atoms with Crippen molar-refractivity contribution in [2.45, 2.75) is 19.4 Å². The third kappa shape index (κ3) is 5.93. The Labute approximate surface area is 178 Å². The van der Waals surface area contributed by atoms with Crippen molar-refractivity contribution in [2.75, 3.05) is 45.8 Å². The van der Waals surface area contributed by atoms with Crippen molar-refractivity contribution in [3.8, 4) is 0 Å². The summed E-state index contributed by atoms with van der Waals surface area (Å²) in [5.74, 6) is 2.46. The van der Waals surface area contributed by atoms with E-state index in [1.807, 2.05) is 32.1 Å². The number of benzene rings is 1. The van der Waals surface area contributed by atoms with Crippen LogP contribution in [0.15, 0.2) is 35.3 Å². The van der Waals surface area contributed by atoms with Gasteiger partial charge in [0.05, 0.1) is 5.52 Å². The maximum absolute atomic E-state index is 5.43. The lowest BCUT2D eigenvalue weighted by Gasteiger charge is -2.23. The van der Waals surface area contributed by atoms with Gasteiger partial charge in [-0.2, -0.15) is 0 Å². The van der Waals surface area contributed by atoms with Crippen LogP contribution in [0.5, 0.6) is 0 Å². The van der Waals surface area contributed by atoms with Crippen LogP contribution in [0.3, 0.4) is 0 Å². The highest BCUT2D eigenvalue weighted by molar-refractivity contribution is 14.0. The van der Waals surface area contributed by atoms with Gasteiger partial charge in [-0.15, -0.1) is 24.0 Å². The number of aromatic nitrogens is 1. The number of para-hydroxylation sites is 1. The Hall–Kier alpha value is -1.61. The molecule has 27 heavy (non-hydrogen) atoms. The van der Waals surface area contributed by atoms with Gasteiger partial charge in [-0.25, -0.2) is 4.98 Å². The molecule has 1 aromatic heterocycles. The van der Waals surface area contributed by atoms with Crippen molar-refractivity contribution in [1.82, 2.24) is 15.6 Å². The quantitative estimate of drug-likeness (QED) is 0.389. The molecule has 0 radical (unpaired) electrons. The standard InChI is InChI=1S/C20H29N5O.HI/c1-21-20(22-13-15-8-10-26-11-9-15)23-14-16-12-19(25(2)3)24-18-7-5-4-6-17(16)18;/h4-7,12,15H,8-11,13-14H2,1-3H3,(H2,21,22,23);1H. The molecular formula is C20H30IN5O. The second-order valence-corrected chi connectivity index (χ2v) is 6.91. The number of hydrogen-bond donors (Lipinski definition) is 2. The molecule has 2 heterocycles. The summed E-state index contributed by atoms with van der Waals surface area (Å²) in [6.45, 7) is 3.38. The lowest BCUT2D eigenvalue weighted by molar-refractivity contribution is 0.0675. The van der Waals surface area contributed by atoms with Gasteiger partial charge in [0.2, 0.25) is 0 Å². The number of guanidine groups is 1. The van der Waals surface area contributed by atoms with Crippen molar-refractivity contribution in [1.29, 1.82) is 0 Å². The van der Waals surface area contributed by atoms with E-state index in [2.05, 4.69) is 39.9 Å². The molecule has 1 aliphatic heterocycles. The summed E-state index contributed by atoms with van der Waals surface area (Å²) in [5, 5.41) is 8.07. The second-order valence-electron chi connectivity index (χ2n) is 6.91. The normalized spacial score (nSPS) is 15.3. The van der Waals surface area contributed by atoms with Gasteiger partial charge < -0.3 is 20.3 Å². The monoisotopic (exact) mass is 483 g/mol. The maximum Gasteiger partial charge on any atom is 0.191 e. The Morgan fingerprint density at radius 1 is 1.22 bits per heavy atom. The lowest BCUT2D eigenvalue weighted by atomic mass is 10.0. The molecule has 1 saturated heterocycles. The van der Waals surface area contributed by atoms with E-state index in [0.717, 1.165) is 49.9 Å². The molecule has 0 aliphatic carbocycles. The third-order valence-electron chi connectivity index (χ3n) is 4.82. The molecule has 3 rings (SSSR count). The van der Waals surface area contributed by atoms with E-state index in [1.165, 1.54) is 10.9 Å². The summed E-state index contributed by atoms with van der Waals surface area (Å²) in [7, 11) is 5.85. The molecule has 0 unspecified atom stereocenters.